The lowest BCUT2D eigenvalue weighted by Crippen LogP contribution is -2.60. The molecule has 2 unspecified atom stereocenters. The number of aromatic nitrogens is 3. The van der Waals surface area contributed by atoms with E-state index in [0.717, 1.165) is 16.9 Å². The highest BCUT2D eigenvalue weighted by Gasteiger charge is 2.39. The highest BCUT2D eigenvalue weighted by Crippen LogP contribution is 2.44. The van der Waals surface area contributed by atoms with Gasteiger partial charge in [-0.15, -0.1) is 0 Å². The van der Waals surface area contributed by atoms with Crippen LogP contribution in [0, 0.1) is 6.92 Å². The van der Waals surface area contributed by atoms with Crippen LogP contribution in [0.2, 0.25) is 15.1 Å². The lowest BCUT2D eigenvalue weighted by Gasteiger charge is -2.49. The van der Waals surface area contributed by atoms with Crippen molar-refractivity contribution in [3.8, 4) is 22.7 Å². The Labute approximate surface area is 270 Å². The zero-order valence-electron chi connectivity index (χ0n) is 24.9. The number of hydrogen-bond donors (Lipinski definition) is 1. The molecule has 1 N–H and O–H groups in total. The molecule has 6 rings (SSSR count). The van der Waals surface area contributed by atoms with Crippen molar-refractivity contribution in [2.45, 2.75) is 58.5 Å². The monoisotopic (exact) mass is 651 g/mol. The molecule has 0 radical (unpaired) electrons. The van der Waals surface area contributed by atoms with E-state index in [0.29, 0.717) is 53.8 Å². The molecule has 4 aromatic rings. The predicted molar refractivity (Wildman–Crippen MR) is 177 cm³/mol. The van der Waals surface area contributed by atoms with Crippen LogP contribution in [0.3, 0.4) is 0 Å². The van der Waals surface area contributed by atoms with Crippen molar-refractivity contribution >= 4 is 57.4 Å². The number of aryl methyl sites for hydroxylation is 1. The molecule has 0 spiro atoms. The molecular weight excluding hydrogens is 621 g/mol. The molecule has 5 heterocycles. The smallest absolute Gasteiger partial charge is 0.262 e. The zero-order valence-corrected chi connectivity index (χ0v) is 27.1. The molecule has 8 nitrogen and oxygen atoms in total. The molecule has 1 fully saturated rings. The molecule has 2 aliphatic heterocycles. The molecule has 11 heteroatoms. The largest absolute Gasteiger partial charge is 0.508 e. The van der Waals surface area contributed by atoms with Crippen LogP contribution in [0.1, 0.15) is 49.9 Å². The van der Waals surface area contributed by atoms with Crippen molar-refractivity contribution in [2.75, 3.05) is 18.0 Å². The van der Waals surface area contributed by atoms with Gasteiger partial charge in [0.25, 0.3) is 5.56 Å². The van der Waals surface area contributed by atoms with Gasteiger partial charge in [-0.3, -0.25) is 19.1 Å². The summed E-state index contributed by atoms with van der Waals surface area (Å²) in [5, 5.41) is 11.7. The van der Waals surface area contributed by atoms with Gasteiger partial charge in [0.1, 0.15) is 11.4 Å². The Kier molecular flexibility index (Phi) is 7.89. The van der Waals surface area contributed by atoms with Gasteiger partial charge in [0.15, 0.2) is 0 Å². The van der Waals surface area contributed by atoms with E-state index in [1.807, 2.05) is 44.7 Å². The molecule has 44 heavy (non-hydrogen) atoms. The van der Waals surface area contributed by atoms with Crippen molar-refractivity contribution in [3.05, 3.63) is 85.4 Å². The Morgan fingerprint density at radius 2 is 1.89 bits per heavy atom. The summed E-state index contributed by atoms with van der Waals surface area (Å²) in [5.41, 5.74) is 4.61. The number of benzene rings is 1. The van der Waals surface area contributed by atoms with Crippen molar-refractivity contribution in [1.82, 2.24) is 19.4 Å². The molecule has 228 valence electrons. The van der Waals surface area contributed by atoms with Crippen molar-refractivity contribution < 1.29 is 9.90 Å². The van der Waals surface area contributed by atoms with Gasteiger partial charge in [0.2, 0.25) is 5.91 Å². The van der Waals surface area contributed by atoms with Crippen LogP contribution in [0.25, 0.3) is 28.0 Å². The third-order valence-electron chi connectivity index (χ3n) is 8.68. The Hall–Kier alpha value is -3.59. The van der Waals surface area contributed by atoms with E-state index in [1.165, 1.54) is 18.2 Å². The first-order valence-corrected chi connectivity index (χ1v) is 15.7. The van der Waals surface area contributed by atoms with Crippen molar-refractivity contribution in [2.24, 2.45) is 0 Å². The zero-order chi connectivity index (χ0) is 31.6. The molecular formula is C33H32Cl3N5O3. The summed E-state index contributed by atoms with van der Waals surface area (Å²) in [6.45, 7) is 12.8. The number of fused-ring (bicyclic) bond motifs is 5. The van der Waals surface area contributed by atoms with Crippen LogP contribution in [-0.2, 0) is 11.2 Å². The molecule has 3 aromatic heterocycles. The number of piperazine rings is 1. The van der Waals surface area contributed by atoms with E-state index in [2.05, 4.69) is 16.5 Å². The molecule has 2 aliphatic rings. The molecule has 1 aromatic carbocycles. The number of phenolic OH excluding ortho intramolecular Hbond substituents is 1. The fourth-order valence-electron chi connectivity index (χ4n) is 6.59. The van der Waals surface area contributed by atoms with Gasteiger partial charge in [-0.25, -0.2) is 4.98 Å². The summed E-state index contributed by atoms with van der Waals surface area (Å²) in [6, 6.07) is 6.40. The molecule has 0 saturated carbocycles. The lowest BCUT2D eigenvalue weighted by atomic mass is 9.91. The standard InChI is InChI=1S/C33H32Cl3N5O3/c1-6-26(43)39-15-19-7-8-21-31(40(19)14-18(39)5)23-13-25(35)29(22-11-20(42)12-24(34)27(22)36)38-32(23)41(33(21)44)30-17(4)9-10-37-28(30)16(2)3/h6,9-13,16,18-19,42H,1,7-8,14-15H2,2-5H3. The first-order chi connectivity index (χ1) is 20.9. The van der Waals surface area contributed by atoms with Crippen LogP contribution >= 0.6 is 34.8 Å². The number of hydrogen-bond acceptors (Lipinski definition) is 6. The summed E-state index contributed by atoms with van der Waals surface area (Å²) >= 11 is 19.9. The van der Waals surface area contributed by atoms with Gasteiger partial charge in [0, 0.05) is 53.9 Å². The number of pyridine rings is 3. The number of anilines is 1. The van der Waals surface area contributed by atoms with Crippen LogP contribution in [-0.4, -0.2) is 55.6 Å². The third-order valence-corrected chi connectivity index (χ3v) is 9.77. The topological polar surface area (TPSA) is 91.6 Å². The van der Waals surface area contributed by atoms with E-state index in [9.17, 15) is 14.7 Å². The second kappa shape index (κ2) is 11.4. The predicted octanol–water partition coefficient (Wildman–Crippen LogP) is 7.08. The van der Waals surface area contributed by atoms with Crippen LogP contribution < -0.4 is 10.5 Å². The van der Waals surface area contributed by atoms with Crippen molar-refractivity contribution in [1.29, 1.82) is 0 Å². The SMILES string of the molecule is C=CC(=O)N1CC2CCc3c(c4cc(Cl)c(-c5cc(O)cc(Cl)c5Cl)nc4n(-c4c(C)ccnc4C(C)C)c3=O)N2CC1C. The Balaban J connectivity index is 1.70. The van der Waals surface area contributed by atoms with E-state index in [1.54, 1.807) is 10.8 Å². The summed E-state index contributed by atoms with van der Waals surface area (Å²) in [5.74, 6) is -0.175. The highest BCUT2D eigenvalue weighted by molar-refractivity contribution is 6.44. The Morgan fingerprint density at radius 1 is 1.14 bits per heavy atom. The molecule has 1 saturated heterocycles. The summed E-state index contributed by atoms with van der Waals surface area (Å²) < 4.78 is 1.66. The van der Waals surface area contributed by atoms with Gasteiger partial charge in [0.05, 0.1) is 37.8 Å². The Morgan fingerprint density at radius 3 is 2.59 bits per heavy atom. The van der Waals surface area contributed by atoms with Gasteiger partial charge in [-0.1, -0.05) is 55.2 Å². The number of nitrogens with zero attached hydrogens (tertiary/aromatic N) is 5. The number of aromatic hydroxyl groups is 1. The third kappa shape index (κ3) is 4.84. The van der Waals surface area contributed by atoms with E-state index in [-0.39, 0.29) is 56.0 Å². The first-order valence-electron chi connectivity index (χ1n) is 14.5. The average molecular weight is 653 g/mol. The number of amides is 1. The maximum absolute atomic E-state index is 14.7. The van der Waals surface area contributed by atoms with Gasteiger partial charge in [-0.2, -0.15) is 0 Å². The highest BCUT2D eigenvalue weighted by atomic mass is 35.5. The maximum Gasteiger partial charge on any atom is 0.262 e. The maximum atomic E-state index is 14.7. The summed E-state index contributed by atoms with van der Waals surface area (Å²) in [4.78, 5) is 41.1. The molecule has 1 amide bonds. The molecule has 0 bridgehead atoms. The summed E-state index contributed by atoms with van der Waals surface area (Å²) in [6.07, 6.45) is 4.34. The van der Waals surface area contributed by atoms with E-state index >= 15 is 0 Å². The van der Waals surface area contributed by atoms with Crippen molar-refractivity contribution in [3.63, 3.8) is 0 Å². The first kappa shape index (κ1) is 30.4. The molecule has 2 atom stereocenters. The van der Waals surface area contributed by atoms with Gasteiger partial charge >= 0.3 is 0 Å². The number of halogens is 3. The van der Waals surface area contributed by atoms with E-state index < -0.39 is 0 Å². The minimum absolute atomic E-state index is 0.00479. The van der Waals surface area contributed by atoms with Crippen LogP contribution in [0.15, 0.2) is 47.9 Å². The quantitative estimate of drug-likeness (QED) is 0.237. The second-order valence-electron chi connectivity index (χ2n) is 11.9. The molecule has 0 aliphatic carbocycles. The van der Waals surface area contributed by atoms with Gasteiger partial charge in [-0.05, 0) is 62.4 Å². The van der Waals surface area contributed by atoms with Gasteiger partial charge < -0.3 is 14.9 Å². The fourth-order valence-corrected chi connectivity index (χ4v) is 7.26. The van der Waals surface area contributed by atoms with Crippen LogP contribution in [0.4, 0.5) is 5.69 Å². The number of carbonyl (C=O) groups excluding carboxylic acids is 1. The number of rotatable bonds is 4. The van der Waals surface area contributed by atoms with E-state index in [4.69, 9.17) is 39.8 Å². The Bertz CT molecular complexity index is 1920. The lowest BCUT2D eigenvalue weighted by molar-refractivity contribution is -0.129. The summed E-state index contributed by atoms with van der Waals surface area (Å²) in [7, 11) is 0. The normalized spacial score (nSPS) is 18.0. The minimum atomic E-state index is -0.179. The second-order valence-corrected chi connectivity index (χ2v) is 13.0. The fraction of sp³-hybridized carbons (Fsp3) is 0.333. The number of phenols is 1. The van der Waals surface area contributed by atoms with Crippen LogP contribution in [0.5, 0.6) is 5.75 Å². The minimum Gasteiger partial charge on any atom is -0.508 e. The average Bonchev–Trinajstić information content (AvgIpc) is 2.98. The number of carbonyl (C=O) groups is 1.